The summed E-state index contributed by atoms with van der Waals surface area (Å²) in [6.07, 6.45) is 0.155. The normalized spacial score (nSPS) is 16.1. The van der Waals surface area contributed by atoms with E-state index in [1.165, 1.54) is 7.11 Å². The first kappa shape index (κ1) is 20.0. The van der Waals surface area contributed by atoms with E-state index in [-0.39, 0.29) is 30.7 Å². The third-order valence-electron chi connectivity index (χ3n) is 4.30. The van der Waals surface area contributed by atoms with Crippen LogP contribution in [0.15, 0.2) is 53.0 Å². The number of carbonyl (C=O) groups is 3. The van der Waals surface area contributed by atoms with Gasteiger partial charge in [0.2, 0.25) is 17.7 Å². The number of hydrogen-bond donors (Lipinski definition) is 2. The fourth-order valence-electron chi connectivity index (χ4n) is 3.02. The minimum absolute atomic E-state index is 0.0494. The largest absolute Gasteiger partial charge is 0.375 e. The molecule has 1 fully saturated rings. The monoisotopic (exact) mass is 445 g/mol. The molecular formula is C20H20BrN3O4. The molecule has 0 aliphatic carbocycles. The van der Waals surface area contributed by atoms with E-state index in [0.29, 0.717) is 17.9 Å². The van der Waals surface area contributed by atoms with Crippen LogP contribution in [-0.2, 0) is 19.1 Å². The lowest BCUT2D eigenvalue weighted by Gasteiger charge is -2.17. The molecule has 1 aliphatic rings. The summed E-state index contributed by atoms with van der Waals surface area (Å²) >= 11 is 3.40. The van der Waals surface area contributed by atoms with E-state index in [0.717, 1.165) is 10.2 Å². The van der Waals surface area contributed by atoms with Crippen molar-refractivity contribution in [1.82, 2.24) is 0 Å². The van der Waals surface area contributed by atoms with E-state index >= 15 is 0 Å². The van der Waals surface area contributed by atoms with Gasteiger partial charge in [-0.05, 0) is 36.4 Å². The summed E-state index contributed by atoms with van der Waals surface area (Å²) in [4.78, 5) is 38.2. The SMILES string of the molecule is COCC(=O)Nc1cccc(NC(=O)C2CC(=O)N(c3cccc(Br)c3)C2)c1. The van der Waals surface area contributed by atoms with E-state index < -0.39 is 5.92 Å². The molecule has 2 N–H and O–H groups in total. The Morgan fingerprint density at radius 2 is 1.86 bits per heavy atom. The zero-order valence-corrected chi connectivity index (χ0v) is 16.9. The number of hydrogen-bond acceptors (Lipinski definition) is 4. The topological polar surface area (TPSA) is 87.7 Å². The van der Waals surface area contributed by atoms with Crippen LogP contribution < -0.4 is 15.5 Å². The Balaban J connectivity index is 1.64. The van der Waals surface area contributed by atoms with Gasteiger partial charge in [0, 0.05) is 41.6 Å². The molecular weight excluding hydrogens is 426 g/mol. The van der Waals surface area contributed by atoms with E-state index in [1.807, 2.05) is 24.3 Å². The Morgan fingerprint density at radius 3 is 2.57 bits per heavy atom. The maximum absolute atomic E-state index is 12.6. The van der Waals surface area contributed by atoms with Crippen molar-refractivity contribution < 1.29 is 19.1 Å². The van der Waals surface area contributed by atoms with Gasteiger partial charge in [-0.25, -0.2) is 0 Å². The van der Waals surface area contributed by atoms with Crippen LogP contribution in [0.1, 0.15) is 6.42 Å². The maximum atomic E-state index is 12.6. The number of anilines is 3. The highest BCUT2D eigenvalue weighted by atomic mass is 79.9. The molecule has 146 valence electrons. The van der Waals surface area contributed by atoms with Gasteiger partial charge in [0.05, 0.1) is 5.92 Å². The second-order valence-corrected chi connectivity index (χ2v) is 7.35. The highest BCUT2D eigenvalue weighted by Gasteiger charge is 2.35. The van der Waals surface area contributed by atoms with Crippen molar-refractivity contribution in [3.63, 3.8) is 0 Å². The summed E-state index contributed by atoms with van der Waals surface area (Å²) in [5, 5.41) is 5.51. The summed E-state index contributed by atoms with van der Waals surface area (Å²) in [5.41, 5.74) is 1.87. The smallest absolute Gasteiger partial charge is 0.250 e. The average Bonchev–Trinajstić information content (AvgIpc) is 3.04. The summed E-state index contributed by atoms with van der Waals surface area (Å²) in [6.45, 7) is 0.275. The van der Waals surface area contributed by atoms with E-state index in [1.54, 1.807) is 29.2 Å². The van der Waals surface area contributed by atoms with Gasteiger partial charge >= 0.3 is 0 Å². The zero-order valence-electron chi connectivity index (χ0n) is 15.3. The third kappa shape index (κ3) is 4.96. The van der Waals surface area contributed by atoms with Crippen LogP contribution in [0.3, 0.4) is 0 Å². The number of methoxy groups -OCH3 is 1. The number of benzene rings is 2. The van der Waals surface area contributed by atoms with Crippen LogP contribution in [0.5, 0.6) is 0 Å². The molecule has 1 saturated heterocycles. The first-order chi connectivity index (χ1) is 13.5. The van der Waals surface area contributed by atoms with Crippen molar-refractivity contribution in [3.05, 3.63) is 53.0 Å². The molecule has 1 heterocycles. The first-order valence-electron chi connectivity index (χ1n) is 8.72. The van der Waals surface area contributed by atoms with Crippen molar-refractivity contribution in [2.45, 2.75) is 6.42 Å². The van der Waals surface area contributed by atoms with E-state index in [4.69, 9.17) is 4.74 Å². The molecule has 0 spiro atoms. The van der Waals surface area contributed by atoms with Crippen molar-refractivity contribution in [2.24, 2.45) is 5.92 Å². The van der Waals surface area contributed by atoms with Crippen LogP contribution in [0, 0.1) is 5.92 Å². The van der Waals surface area contributed by atoms with Gasteiger partial charge in [-0.2, -0.15) is 0 Å². The highest BCUT2D eigenvalue weighted by molar-refractivity contribution is 9.10. The standard InChI is InChI=1S/C20H20BrN3O4/c1-28-12-18(25)22-15-5-3-6-16(10-15)23-20(27)13-8-19(26)24(11-13)17-7-2-4-14(21)9-17/h2-7,9-10,13H,8,11-12H2,1H3,(H,22,25)(H,23,27). The summed E-state index contributed by atoms with van der Waals surface area (Å²) < 4.78 is 5.65. The van der Waals surface area contributed by atoms with Gasteiger partial charge in [0.1, 0.15) is 6.61 Å². The van der Waals surface area contributed by atoms with Crippen LogP contribution in [-0.4, -0.2) is 38.0 Å². The molecule has 3 amide bonds. The predicted molar refractivity (Wildman–Crippen MR) is 110 cm³/mol. The quantitative estimate of drug-likeness (QED) is 0.714. The lowest BCUT2D eigenvalue weighted by atomic mass is 10.1. The number of carbonyl (C=O) groups excluding carboxylic acids is 3. The van der Waals surface area contributed by atoms with Gasteiger partial charge in [0.25, 0.3) is 0 Å². The highest BCUT2D eigenvalue weighted by Crippen LogP contribution is 2.28. The molecule has 1 aliphatic heterocycles. The Bertz CT molecular complexity index is 903. The van der Waals surface area contributed by atoms with Crippen LogP contribution in [0.4, 0.5) is 17.1 Å². The van der Waals surface area contributed by atoms with Crippen LogP contribution in [0.2, 0.25) is 0 Å². The molecule has 1 unspecified atom stereocenters. The zero-order chi connectivity index (χ0) is 20.1. The molecule has 3 rings (SSSR count). The number of nitrogens with one attached hydrogen (secondary N) is 2. The number of ether oxygens (including phenoxy) is 1. The molecule has 8 heteroatoms. The average molecular weight is 446 g/mol. The summed E-state index contributed by atoms with van der Waals surface area (Å²) in [6, 6.07) is 14.3. The van der Waals surface area contributed by atoms with Gasteiger partial charge in [-0.1, -0.05) is 28.1 Å². The molecule has 28 heavy (non-hydrogen) atoms. The third-order valence-corrected chi connectivity index (χ3v) is 4.80. The molecule has 0 radical (unpaired) electrons. The minimum atomic E-state index is -0.446. The minimum Gasteiger partial charge on any atom is -0.375 e. The molecule has 0 bridgehead atoms. The lowest BCUT2D eigenvalue weighted by molar-refractivity contribution is -0.122. The van der Waals surface area contributed by atoms with Crippen molar-refractivity contribution in [1.29, 1.82) is 0 Å². The van der Waals surface area contributed by atoms with Gasteiger partial charge < -0.3 is 20.3 Å². The molecule has 0 saturated carbocycles. The number of nitrogens with zero attached hydrogens (tertiary/aromatic N) is 1. The molecule has 7 nitrogen and oxygen atoms in total. The fourth-order valence-corrected chi connectivity index (χ4v) is 3.41. The van der Waals surface area contributed by atoms with E-state index in [9.17, 15) is 14.4 Å². The summed E-state index contributed by atoms with van der Waals surface area (Å²) in [7, 11) is 1.44. The van der Waals surface area contributed by atoms with Gasteiger partial charge in [0.15, 0.2) is 0 Å². The van der Waals surface area contributed by atoms with Crippen molar-refractivity contribution in [2.75, 3.05) is 35.8 Å². The second kappa shape index (κ2) is 8.99. The van der Waals surface area contributed by atoms with E-state index in [2.05, 4.69) is 26.6 Å². The Morgan fingerprint density at radius 1 is 1.14 bits per heavy atom. The van der Waals surface area contributed by atoms with Crippen molar-refractivity contribution in [3.8, 4) is 0 Å². The molecule has 1 atom stereocenters. The van der Waals surface area contributed by atoms with Crippen molar-refractivity contribution >= 4 is 50.7 Å². The maximum Gasteiger partial charge on any atom is 0.250 e. The number of rotatable bonds is 6. The Labute approximate surface area is 171 Å². The number of halogens is 1. The van der Waals surface area contributed by atoms with Crippen LogP contribution >= 0.6 is 15.9 Å². The molecule has 0 aromatic heterocycles. The second-order valence-electron chi connectivity index (χ2n) is 6.44. The first-order valence-corrected chi connectivity index (χ1v) is 9.51. The lowest BCUT2D eigenvalue weighted by Crippen LogP contribution is -2.28. The van der Waals surface area contributed by atoms with Gasteiger partial charge in [-0.3, -0.25) is 14.4 Å². The Kier molecular flexibility index (Phi) is 6.43. The van der Waals surface area contributed by atoms with Crippen LogP contribution in [0.25, 0.3) is 0 Å². The number of amides is 3. The Hall–Kier alpha value is -2.71. The fraction of sp³-hybridized carbons (Fsp3) is 0.250. The van der Waals surface area contributed by atoms with Gasteiger partial charge in [-0.15, -0.1) is 0 Å². The predicted octanol–water partition coefficient (Wildman–Crippen LogP) is 3.03. The molecule has 2 aromatic rings. The molecule has 2 aromatic carbocycles. The summed E-state index contributed by atoms with van der Waals surface area (Å²) in [5.74, 6) is -1.04.